The second-order valence-electron chi connectivity index (χ2n) is 4.48. The minimum Gasteiger partial charge on any atom is -0.496 e. The third-order valence-electron chi connectivity index (χ3n) is 3.23. The van der Waals surface area contributed by atoms with Crippen LogP contribution in [-0.2, 0) is 0 Å². The molecule has 0 unspecified atom stereocenters. The summed E-state index contributed by atoms with van der Waals surface area (Å²) in [6.07, 6.45) is 3.20. The molecule has 0 bridgehead atoms. The van der Waals surface area contributed by atoms with Crippen LogP contribution in [0, 0.1) is 0 Å². The molecule has 0 N–H and O–H groups in total. The molecule has 0 aliphatic heterocycles. The van der Waals surface area contributed by atoms with Gasteiger partial charge in [0.25, 0.3) is 0 Å². The van der Waals surface area contributed by atoms with Gasteiger partial charge in [0.1, 0.15) is 22.8 Å². The van der Waals surface area contributed by atoms with Crippen molar-refractivity contribution in [1.29, 1.82) is 0 Å². The Labute approximate surface area is 129 Å². The van der Waals surface area contributed by atoms with E-state index in [-0.39, 0.29) is 5.78 Å². The van der Waals surface area contributed by atoms with Crippen LogP contribution in [0.1, 0.15) is 15.9 Å². The first-order valence-corrected chi connectivity index (χ1v) is 6.77. The topological polar surface area (TPSA) is 44.8 Å². The smallest absolute Gasteiger partial charge is 0.193 e. The van der Waals surface area contributed by atoms with Crippen LogP contribution >= 0.6 is 0 Å². The molecule has 0 saturated carbocycles. The molecule has 0 fully saturated rings. The van der Waals surface area contributed by atoms with E-state index in [1.165, 1.54) is 20.3 Å². The Kier molecular flexibility index (Phi) is 5.20. The SMILES string of the molecule is COc1ccccc1/C=C/C(=O)c1c(OC)cccc1OC. The van der Waals surface area contributed by atoms with Crippen molar-refractivity contribution in [2.75, 3.05) is 21.3 Å². The van der Waals surface area contributed by atoms with E-state index in [2.05, 4.69) is 0 Å². The number of hydrogen-bond acceptors (Lipinski definition) is 4. The van der Waals surface area contributed by atoms with Gasteiger partial charge in [-0.1, -0.05) is 24.3 Å². The molecule has 0 heterocycles. The average Bonchev–Trinajstić information content (AvgIpc) is 2.58. The zero-order chi connectivity index (χ0) is 15.9. The van der Waals surface area contributed by atoms with Gasteiger partial charge in [-0.2, -0.15) is 0 Å². The van der Waals surface area contributed by atoms with Crippen molar-refractivity contribution in [3.63, 3.8) is 0 Å². The molecule has 0 aliphatic carbocycles. The number of ketones is 1. The van der Waals surface area contributed by atoms with E-state index in [4.69, 9.17) is 14.2 Å². The zero-order valence-corrected chi connectivity index (χ0v) is 12.8. The predicted molar refractivity (Wildman–Crippen MR) is 85.9 cm³/mol. The highest BCUT2D eigenvalue weighted by atomic mass is 16.5. The van der Waals surface area contributed by atoms with E-state index >= 15 is 0 Å². The monoisotopic (exact) mass is 298 g/mol. The lowest BCUT2D eigenvalue weighted by atomic mass is 10.1. The molecule has 4 nitrogen and oxygen atoms in total. The Bertz CT molecular complexity index is 667. The molecular formula is C18H18O4. The summed E-state index contributed by atoms with van der Waals surface area (Å²) in [5.41, 5.74) is 1.23. The van der Waals surface area contributed by atoms with Crippen molar-refractivity contribution in [3.05, 3.63) is 59.7 Å². The molecule has 0 radical (unpaired) electrons. The number of rotatable bonds is 6. The Morgan fingerprint density at radius 1 is 0.818 bits per heavy atom. The molecule has 0 saturated heterocycles. The average molecular weight is 298 g/mol. The highest BCUT2D eigenvalue weighted by Crippen LogP contribution is 2.29. The van der Waals surface area contributed by atoms with Crippen molar-refractivity contribution in [1.82, 2.24) is 0 Å². The summed E-state index contributed by atoms with van der Waals surface area (Å²) in [7, 11) is 4.64. The predicted octanol–water partition coefficient (Wildman–Crippen LogP) is 3.61. The van der Waals surface area contributed by atoms with E-state index in [9.17, 15) is 4.79 Å². The van der Waals surface area contributed by atoms with Crippen molar-refractivity contribution >= 4 is 11.9 Å². The van der Waals surface area contributed by atoms with Crippen LogP contribution in [0.3, 0.4) is 0 Å². The van der Waals surface area contributed by atoms with Gasteiger partial charge < -0.3 is 14.2 Å². The van der Waals surface area contributed by atoms with Gasteiger partial charge in [-0.25, -0.2) is 0 Å². The second kappa shape index (κ2) is 7.31. The molecule has 0 amide bonds. The largest absolute Gasteiger partial charge is 0.496 e. The third-order valence-corrected chi connectivity index (χ3v) is 3.23. The molecule has 0 spiro atoms. The lowest BCUT2D eigenvalue weighted by molar-refractivity contribution is 0.104. The lowest BCUT2D eigenvalue weighted by Crippen LogP contribution is -2.02. The minimum atomic E-state index is -0.194. The first-order valence-electron chi connectivity index (χ1n) is 6.77. The number of allylic oxidation sites excluding steroid dienone is 1. The van der Waals surface area contributed by atoms with Gasteiger partial charge in [0.05, 0.1) is 21.3 Å². The van der Waals surface area contributed by atoms with Crippen LogP contribution in [0.2, 0.25) is 0 Å². The van der Waals surface area contributed by atoms with Crippen molar-refractivity contribution < 1.29 is 19.0 Å². The quantitative estimate of drug-likeness (QED) is 0.603. The summed E-state index contributed by atoms with van der Waals surface area (Å²) >= 11 is 0. The third kappa shape index (κ3) is 3.28. The fourth-order valence-corrected chi connectivity index (χ4v) is 2.15. The second-order valence-corrected chi connectivity index (χ2v) is 4.48. The molecular weight excluding hydrogens is 280 g/mol. The van der Waals surface area contributed by atoms with Gasteiger partial charge in [-0.15, -0.1) is 0 Å². The fourth-order valence-electron chi connectivity index (χ4n) is 2.15. The van der Waals surface area contributed by atoms with Crippen LogP contribution in [0.25, 0.3) is 6.08 Å². The summed E-state index contributed by atoms with van der Waals surface area (Å²) < 4.78 is 15.8. The van der Waals surface area contributed by atoms with E-state index < -0.39 is 0 Å². The van der Waals surface area contributed by atoms with Crippen LogP contribution in [-0.4, -0.2) is 27.1 Å². The summed E-state index contributed by atoms with van der Waals surface area (Å²) in [6.45, 7) is 0. The number of methoxy groups -OCH3 is 3. The van der Waals surface area contributed by atoms with E-state index in [1.807, 2.05) is 24.3 Å². The van der Waals surface area contributed by atoms with E-state index in [1.54, 1.807) is 31.4 Å². The van der Waals surface area contributed by atoms with Crippen molar-refractivity contribution in [3.8, 4) is 17.2 Å². The van der Waals surface area contributed by atoms with Gasteiger partial charge in [-0.3, -0.25) is 4.79 Å². The lowest BCUT2D eigenvalue weighted by Gasteiger charge is -2.10. The van der Waals surface area contributed by atoms with Crippen molar-refractivity contribution in [2.24, 2.45) is 0 Å². The van der Waals surface area contributed by atoms with Gasteiger partial charge in [0, 0.05) is 5.56 Å². The normalized spacial score (nSPS) is 10.5. The van der Waals surface area contributed by atoms with Crippen LogP contribution < -0.4 is 14.2 Å². The summed E-state index contributed by atoms with van der Waals surface area (Å²) in [4.78, 5) is 12.5. The maximum atomic E-state index is 12.5. The standard InChI is InChI=1S/C18H18O4/c1-20-15-8-5-4-7-13(15)11-12-14(19)18-16(21-2)9-6-10-17(18)22-3/h4-12H,1-3H3/b12-11+. The maximum Gasteiger partial charge on any atom is 0.193 e. The van der Waals surface area contributed by atoms with Gasteiger partial charge in [0.15, 0.2) is 5.78 Å². The van der Waals surface area contributed by atoms with Crippen LogP contribution in [0.15, 0.2) is 48.5 Å². The Morgan fingerprint density at radius 2 is 1.36 bits per heavy atom. The summed E-state index contributed by atoms with van der Waals surface area (Å²) in [6, 6.07) is 12.7. The molecule has 22 heavy (non-hydrogen) atoms. The summed E-state index contributed by atoms with van der Waals surface area (Å²) in [5, 5.41) is 0. The Hall–Kier alpha value is -2.75. The number of carbonyl (C=O) groups is 1. The number of hydrogen-bond donors (Lipinski definition) is 0. The Balaban J connectivity index is 2.35. The fraction of sp³-hybridized carbons (Fsp3) is 0.167. The molecule has 2 aromatic rings. The minimum absolute atomic E-state index is 0.194. The first-order chi connectivity index (χ1) is 10.7. The first kappa shape index (κ1) is 15.6. The highest BCUT2D eigenvalue weighted by Gasteiger charge is 2.15. The number of benzene rings is 2. The molecule has 0 aromatic heterocycles. The van der Waals surface area contributed by atoms with E-state index in [0.29, 0.717) is 22.8 Å². The molecule has 114 valence electrons. The molecule has 0 aliphatic rings. The van der Waals surface area contributed by atoms with Gasteiger partial charge >= 0.3 is 0 Å². The van der Waals surface area contributed by atoms with Crippen molar-refractivity contribution in [2.45, 2.75) is 0 Å². The van der Waals surface area contributed by atoms with Gasteiger partial charge in [0.2, 0.25) is 0 Å². The highest BCUT2D eigenvalue weighted by molar-refractivity contribution is 6.10. The van der Waals surface area contributed by atoms with Crippen LogP contribution in [0.4, 0.5) is 0 Å². The molecule has 0 atom stereocenters. The summed E-state index contributed by atoms with van der Waals surface area (Å²) in [5.74, 6) is 1.47. The molecule has 4 heteroatoms. The zero-order valence-electron chi connectivity index (χ0n) is 12.8. The maximum absolute atomic E-state index is 12.5. The number of carbonyl (C=O) groups excluding carboxylic acids is 1. The molecule has 2 rings (SSSR count). The van der Waals surface area contributed by atoms with E-state index in [0.717, 1.165) is 5.56 Å². The Morgan fingerprint density at radius 3 is 1.95 bits per heavy atom. The number of para-hydroxylation sites is 1. The molecule has 2 aromatic carbocycles. The van der Waals surface area contributed by atoms with Crippen LogP contribution in [0.5, 0.6) is 17.2 Å². The number of ether oxygens (including phenoxy) is 3. The van der Waals surface area contributed by atoms with Gasteiger partial charge in [-0.05, 0) is 30.4 Å².